The molecular weight excluding hydrogens is 324 g/mol. The molecule has 0 aliphatic rings. The normalized spacial score (nSPS) is 14.9. The standard InChI is InChI=1S/C15H20O7S/c1-3-14(4-2,12(16)17)15(13(18)19,23(20,21)22)10-11-8-6-5-7-9-11/h5-9H,3-4,10H2,1-2H3,(H,16,17)(H,18,19)(H,20,21,22). The number of aliphatic carboxylic acids is 2. The average Bonchev–Trinajstić information content (AvgIpc) is 2.46. The fourth-order valence-corrected chi connectivity index (χ4v) is 4.52. The first-order valence-corrected chi connectivity index (χ1v) is 8.50. The third-order valence-corrected chi connectivity index (χ3v) is 6.06. The number of rotatable bonds is 8. The number of carbonyl (C=O) groups is 2. The zero-order valence-electron chi connectivity index (χ0n) is 12.9. The van der Waals surface area contributed by atoms with Crippen molar-refractivity contribution in [2.45, 2.75) is 37.9 Å². The molecule has 0 aliphatic heterocycles. The molecule has 23 heavy (non-hydrogen) atoms. The molecule has 0 saturated carbocycles. The minimum Gasteiger partial charge on any atom is -0.481 e. The molecule has 8 heteroatoms. The van der Waals surface area contributed by atoms with Crippen molar-refractivity contribution < 1.29 is 32.8 Å². The van der Waals surface area contributed by atoms with Crippen molar-refractivity contribution in [3.8, 4) is 0 Å². The third kappa shape index (κ3) is 2.96. The first-order chi connectivity index (χ1) is 10.6. The van der Waals surface area contributed by atoms with Gasteiger partial charge in [-0.2, -0.15) is 8.42 Å². The predicted octanol–water partition coefficient (Wildman–Crippen LogP) is 1.83. The minimum absolute atomic E-state index is 0.266. The first kappa shape index (κ1) is 19.1. The molecule has 0 fully saturated rings. The topological polar surface area (TPSA) is 129 Å². The number of hydrogen-bond donors (Lipinski definition) is 3. The summed E-state index contributed by atoms with van der Waals surface area (Å²) >= 11 is 0. The zero-order chi connectivity index (χ0) is 17.9. The summed E-state index contributed by atoms with van der Waals surface area (Å²) in [5.74, 6) is -3.45. The Hall–Kier alpha value is -1.93. The van der Waals surface area contributed by atoms with Gasteiger partial charge in [0.05, 0.1) is 0 Å². The Morgan fingerprint density at radius 3 is 1.78 bits per heavy atom. The maximum Gasteiger partial charge on any atom is 0.329 e. The molecule has 0 aromatic heterocycles. The van der Waals surface area contributed by atoms with Crippen LogP contribution in [0.1, 0.15) is 32.3 Å². The third-order valence-electron chi connectivity index (χ3n) is 4.47. The highest BCUT2D eigenvalue weighted by molar-refractivity contribution is 7.88. The van der Waals surface area contributed by atoms with Gasteiger partial charge in [0.15, 0.2) is 0 Å². The van der Waals surface area contributed by atoms with Gasteiger partial charge in [-0.05, 0) is 18.4 Å². The molecule has 1 aromatic rings. The van der Waals surface area contributed by atoms with E-state index in [1.165, 1.54) is 26.0 Å². The van der Waals surface area contributed by atoms with E-state index in [0.29, 0.717) is 5.56 Å². The van der Waals surface area contributed by atoms with Gasteiger partial charge in [-0.1, -0.05) is 44.2 Å². The van der Waals surface area contributed by atoms with Gasteiger partial charge in [0, 0.05) is 6.42 Å². The van der Waals surface area contributed by atoms with E-state index in [9.17, 15) is 32.8 Å². The Morgan fingerprint density at radius 2 is 1.48 bits per heavy atom. The Bertz CT molecular complexity index is 677. The summed E-state index contributed by atoms with van der Waals surface area (Å²) < 4.78 is 31.0. The van der Waals surface area contributed by atoms with E-state index < -0.39 is 38.6 Å². The van der Waals surface area contributed by atoms with Gasteiger partial charge in [-0.25, -0.2) is 0 Å². The fourth-order valence-electron chi connectivity index (χ4n) is 3.08. The van der Waals surface area contributed by atoms with Crippen LogP contribution in [0.2, 0.25) is 0 Å². The molecule has 0 bridgehead atoms. The van der Waals surface area contributed by atoms with Gasteiger partial charge in [0.25, 0.3) is 10.1 Å². The average molecular weight is 344 g/mol. The molecule has 0 saturated heterocycles. The molecule has 128 valence electrons. The van der Waals surface area contributed by atoms with Crippen LogP contribution in [0.25, 0.3) is 0 Å². The van der Waals surface area contributed by atoms with Crippen LogP contribution < -0.4 is 0 Å². The first-order valence-electron chi connectivity index (χ1n) is 7.06. The fraction of sp³-hybridized carbons (Fsp3) is 0.467. The van der Waals surface area contributed by atoms with E-state index >= 15 is 0 Å². The Morgan fingerprint density at radius 1 is 1.00 bits per heavy atom. The van der Waals surface area contributed by atoms with Crippen molar-refractivity contribution in [1.29, 1.82) is 0 Å². The predicted molar refractivity (Wildman–Crippen MR) is 82.7 cm³/mol. The van der Waals surface area contributed by atoms with Crippen molar-refractivity contribution in [2.75, 3.05) is 0 Å². The molecule has 0 heterocycles. The summed E-state index contributed by atoms with van der Waals surface area (Å²) in [5, 5.41) is 19.3. The quantitative estimate of drug-likeness (QED) is 0.613. The lowest BCUT2D eigenvalue weighted by Crippen LogP contribution is -2.63. The summed E-state index contributed by atoms with van der Waals surface area (Å²) in [6.07, 6.45) is -1.18. The van der Waals surface area contributed by atoms with E-state index in [1.54, 1.807) is 18.2 Å². The summed E-state index contributed by atoms with van der Waals surface area (Å²) in [6.45, 7) is 2.79. The molecule has 0 amide bonds. The zero-order valence-corrected chi connectivity index (χ0v) is 13.7. The lowest BCUT2D eigenvalue weighted by atomic mass is 9.68. The van der Waals surface area contributed by atoms with Crippen LogP contribution >= 0.6 is 0 Å². The molecule has 7 nitrogen and oxygen atoms in total. The smallest absolute Gasteiger partial charge is 0.329 e. The highest BCUT2D eigenvalue weighted by Crippen LogP contribution is 2.46. The lowest BCUT2D eigenvalue weighted by molar-refractivity contribution is -0.161. The van der Waals surface area contributed by atoms with Crippen LogP contribution in [0.15, 0.2) is 30.3 Å². The molecule has 0 radical (unpaired) electrons. The van der Waals surface area contributed by atoms with Crippen molar-refractivity contribution >= 4 is 22.1 Å². The highest BCUT2D eigenvalue weighted by Gasteiger charge is 2.67. The van der Waals surface area contributed by atoms with Crippen molar-refractivity contribution in [1.82, 2.24) is 0 Å². The maximum atomic E-state index is 12.1. The van der Waals surface area contributed by atoms with Crippen LogP contribution in [0, 0.1) is 5.41 Å². The molecule has 1 rings (SSSR count). The monoisotopic (exact) mass is 344 g/mol. The van der Waals surface area contributed by atoms with Crippen molar-refractivity contribution in [3.05, 3.63) is 35.9 Å². The Kier molecular flexibility index (Phi) is 5.55. The van der Waals surface area contributed by atoms with Gasteiger partial charge in [0.2, 0.25) is 4.75 Å². The molecule has 1 aromatic carbocycles. The summed E-state index contributed by atoms with van der Waals surface area (Å²) in [7, 11) is -5.23. The van der Waals surface area contributed by atoms with Crippen molar-refractivity contribution in [3.63, 3.8) is 0 Å². The number of carboxylic acid groups (broad SMARTS) is 2. The number of hydrogen-bond acceptors (Lipinski definition) is 4. The number of benzene rings is 1. The molecule has 1 atom stereocenters. The Balaban J connectivity index is 3.79. The van der Waals surface area contributed by atoms with Crippen LogP contribution in [0.4, 0.5) is 0 Å². The van der Waals surface area contributed by atoms with E-state index in [0.717, 1.165) is 0 Å². The highest BCUT2D eigenvalue weighted by atomic mass is 32.2. The second-order valence-corrected chi connectivity index (χ2v) is 7.01. The molecular formula is C15H20O7S. The second-order valence-electron chi connectivity index (χ2n) is 5.36. The molecule has 0 spiro atoms. The van der Waals surface area contributed by atoms with Crippen LogP contribution in [-0.2, 0) is 26.1 Å². The van der Waals surface area contributed by atoms with E-state index in [-0.39, 0.29) is 12.8 Å². The van der Waals surface area contributed by atoms with E-state index in [4.69, 9.17) is 0 Å². The largest absolute Gasteiger partial charge is 0.481 e. The van der Waals surface area contributed by atoms with E-state index in [1.807, 2.05) is 0 Å². The van der Waals surface area contributed by atoms with Crippen LogP contribution in [0.3, 0.4) is 0 Å². The van der Waals surface area contributed by atoms with Gasteiger partial charge in [0.1, 0.15) is 5.41 Å². The lowest BCUT2D eigenvalue weighted by Gasteiger charge is -2.41. The summed E-state index contributed by atoms with van der Waals surface area (Å²) in [6, 6.07) is 7.78. The summed E-state index contributed by atoms with van der Waals surface area (Å²) in [4.78, 5) is 23.8. The van der Waals surface area contributed by atoms with Crippen LogP contribution in [-0.4, -0.2) is 39.9 Å². The van der Waals surface area contributed by atoms with Gasteiger partial charge in [-0.15, -0.1) is 0 Å². The van der Waals surface area contributed by atoms with Crippen LogP contribution in [0.5, 0.6) is 0 Å². The minimum atomic E-state index is -5.23. The Labute approximate surface area is 134 Å². The SMILES string of the molecule is CCC(CC)(C(=O)O)C(Cc1ccccc1)(C(=O)O)S(=O)(=O)O. The van der Waals surface area contributed by atoms with Gasteiger partial charge in [-0.3, -0.25) is 14.1 Å². The second kappa shape index (κ2) is 6.67. The molecule has 1 unspecified atom stereocenters. The molecule has 3 N–H and O–H groups in total. The van der Waals surface area contributed by atoms with E-state index in [2.05, 4.69) is 0 Å². The number of carboxylic acids is 2. The maximum absolute atomic E-state index is 12.1. The summed E-state index contributed by atoms with van der Waals surface area (Å²) in [5.41, 5.74) is -1.86. The van der Waals surface area contributed by atoms with Crippen molar-refractivity contribution in [2.24, 2.45) is 5.41 Å². The molecule has 0 aliphatic carbocycles. The van der Waals surface area contributed by atoms with Gasteiger partial charge < -0.3 is 10.2 Å². The van der Waals surface area contributed by atoms with Gasteiger partial charge >= 0.3 is 11.9 Å².